The van der Waals surface area contributed by atoms with Crippen molar-refractivity contribution in [2.75, 3.05) is 0 Å². The Morgan fingerprint density at radius 3 is 1.89 bits per heavy atom. The van der Waals surface area contributed by atoms with Crippen LogP contribution in [-0.2, 0) is 30.8 Å². The van der Waals surface area contributed by atoms with E-state index in [4.69, 9.17) is 14.6 Å². The fourth-order valence-corrected chi connectivity index (χ4v) is 3.88. The van der Waals surface area contributed by atoms with Gasteiger partial charge in [-0.25, -0.2) is 9.59 Å². The fraction of sp³-hybridized carbons (Fsp3) is 0.161. The molecule has 0 unspecified atom stereocenters. The van der Waals surface area contributed by atoms with Crippen molar-refractivity contribution < 1.29 is 24.2 Å². The minimum absolute atomic E-state index is 0.216. The van der Waals surface area contributed by atoms with E-state index in [1.165, 1.54) is 0 Å². The van der Waals surface area contributed by atoms with Gasteiger partial charge in [-0.15, -0.1) is 0 Å². The molecule has 0 heterocycles. The van der Waals surface area contributed by atoms with Gasteiger partial charge in [0, 0.05) is 0 Å². The van der Waals surface area contributed by atoms with Gasteiger partial charge in [0.05, 0.1) is 11.1 Å². The van der Waals surface area contributed by atoms with Crippen molar-refractivity contribution in [2.45, 2.75) is 32.5 Å². The second-order valence-corrected chi connectivity index (χ2v) is 8.51. The van der Waals surface area contributed by atoms with Crippen LogP contribution in [0.4, 0.5) is 0 Å². The van der Waals surface area contributed by atoms with E-state index in [0.29, 0.717) is 18.6 Å². The number of carboxylic acids is 1. The maximum atomic E-state index is 12.7. The van der Waals surface area contributed by atoms with Crippen molar-refractivity contribution in [1.82, 2.24) is 0 Å². The van der Waals surface area contributed by atoms with Crippen LogP contribution in [0, 0.1) is 0 Å². The van der Waals surface area contributed by atoms with E-state index >= 15 is 0 Å². The molecule has 0 aliphatic carbocycles. The zero-order valence-electron chi connectivity index (χ0n) is 19.9. The molecule has 0 atom stereocenters. The van der Waals surface area contributed by atoms with Gasteiger partial charge in [-0.05, 0) is 71.8 Å². The molecule has 0 saturated heterocycles. The predicted octanol–water partition coefficient (Wildman–Crippen LogP) is 6.50. The van der Waals surface area contributed by atoms with Gasteiger partial charge in [-0.3, -0.25) is 0 Å². The topological polar surface area (TPSA) is 72.8 Å². The first-order chi connectivity index (χ1) is 17.6. The van der Waals surface area contributed by atoms with Gasteiger partial charge >= 0.3 is 11.9 Å². The summed E-state index contributed by atoms with van der Waals surface area (Å²) < 4.78 is 11.6. The molecule has 0 bridgehead atoms. The van der Waals surface area contributed by atoms with Crippen LogP contribution in [0.3, 0.4) is 0 Å². The predicted molar refractivity (Wildman–Crippen MR) is 138 cm³/mol. The number of carbonyl (C=O) groups excluding carboxylic acids is 1. The van der Waals surface area contributed by atoms with Crippen molar-refractivity contribution in [2.24, 2.45) is 0 Å². The number of rotatable bonds is 11. The molecule has 5 heteroatoms. The smallest absolute Gasteiger partial charge is 0.338 e. The monoisotopic (exact) mass is 480 g/mol. The number of hydrogen-bond acceptors (Lipinski definition) is 4. The number of ether oxygens (including phenoxy) is 2. The number of carboxylic acid groups (broad SMARTS) is 1. The molecule has 4 aromatic carbocycles. The highest BCUT2D eigenvalue weighted by atomic mass is 16.5. The van der Waals surface area contributed by atoms with Crippen molar-refractivity contribution in [3.63, 3.8) is 0 Å². The lowest BCUT2D eigenvalue weighted by molar-refractivity contribution is 0.0472. The van der Waals surface area contributed by atoms with E-state index < -0.39 is 5.97 Å². The SMILES string of the molecule is O=C(O)c1ccc(CCCc2cc(C(=O)OCc3ccccc3)ccc2OCc2ccccc2)cc1. The summed E-state index contributed by atoms with van der Waals surface area (Å²) in [6.45, 7) is 0.649. The number of hydrogen-bond donors (Lipinski definition) is 1. The number of esters is 1. The van der Waals surface area contributed by atoms with E-state index in [2.05, 4.69) is 0 Å². The Bertz CT molecular complexity index is 1280. The average molecular weight is 481 g/mol. The van der Waals surface area contributed by atoms with E-state index in [9.17, 15) is 9.59 Å². The zero-order chi connectivity index (χ0) is 25.2. The maximum absolute atomic E-state index is 12.7. The minimum atomic E-state index is -0.933. The Morgan fingerprint density at radius 1 is 0.639 bits per heavy atom. The molecule has 0 amide bonds. The van der Waals surface area contributed by atoms with E-state index in [1.54, 1.807) is 18.2 Å². The van der Waals surface area contributed by atoms with Crippen LogP contribution in [0.25, 0.3) is 0 Å². The first-order valence-corrected chi connectivity index (χ1v) is 11.9. The standard InChI is InChI=1S/C31H28O5/c32-30(33)26-16-14-23(15-17-26)12-7-13-27-20-28(31(34)36-22-25-10-5-2-6-11-25)18-19-29(27)35-21-24-8-3-1-4-9-24/h1-6,8-11,14-20H,7,12-13,21-22H2,(H,32,33). The number of aromatic carboxylic acids is 1. The summed E-state index contributed by atoms with van der Waals surface area (Å²) in [7, 11) is 0. The zero-order valence-corrected chi connectivity index (χ0v) is 19.9. The van der Waals surface area contributed by atoms with Crippen LogP contribution in [0.5, 0.6) is 5.75 Å². The normalized spacial score (nSPS) is 10.6. The van der Waals surface area contributed by atoms with E-state index in [1.807, 2.05) is 84.9 Å². The van der Waals surface area contributed by atoms with E-state index in [-0.39, 0.29) is 18.1 Å². The largest absolute Gasteiger partial charge is 0.489 e. The molecule has 0 saturated carbocycles. The molecule has 5 nitrogen and oxygen atoms in total. The highest BCUT2D eigenvalue weighted by Gasteiger charge is 2.13. The summed E-state index contributed by atoms with van der Waals surface area (Å²) >= 11 is 0. The summed E-state index contributed by atoms with van der Waals surface area (Å²) in [5, 5.41) is 9.09. The van der Waals surface area contributed by atoms with Gasteiger partial charge in [0.2, 0.25) is 0 Å². The quantitative estimate of drug-likeness (QED) is 0.248. The Kier molecular flexibility index (Phi) is 8.49. The van der Waals surface area contributed by atoms with Crippen LogP contribution in [0.2, 0.25) is 0 Å². The lowest BCUT2D eigenvalue weighted by atomic mass is 10.0. The molecule has 0 spiro atoms. The fourth-order valence-electron chi connectivity index (χ4n) is 3.88. The summed E-state index contributed by atoms with van der Waals surface area (Å²) in [4.78, 5) is 23.8. The summed E-state index contributed by atoms with van der Waals surface area (Å²) in [6.07, 6.45) is 2.29. The first-order valence-electron chi connectivity index (χ1n) is 11.9. The Hall–Kier alpha value is -4.38. The molecule has 0 aliphatic rings. The Morgan fingerprint density at radius 2 is 1.25 bits per heavy atom. The molecule has 4 rings (SSSR count). The summed E-state index contributed by atoms with van der Waals surface area (Å²) in [6, 6.07) is 31.9. The third-order valence-corrected chi connectivity index (χ3v) is 5.86. The summed E-state index contributed by atoms with van der Waals surface area (Å²) in [5.41, 5.74) is 4.75. The second kappa shape index (κ2) is 12.4. The van der Waals surface area contributed by atoms with Crippen molar-refractivity contribution >= 4 is 11.9 Å². The molecule has 4 aromatic rings. The van der Waals surface area contributed by atoms with Crippen LogP contribution >= 0.6 is 0 Å². The van der Waals surface area contributed by atoms with Crippen LogP contribution in [-0.4, -0.2) is 17.0 Å². The molecular weight excluding hydrogens is 452 g/mol. The third-order valence-electron chi connectivity index (χ3n) is 5.86. The van der Waals surface area contributed by atoms with Gasteiger partial charge in [-0.1, -0.05) is 72.8 Å². The van der Waals surface area contributed by atoms with Gasteiger partial charge in [0.15, 0.2) is 0 Å². The Labute approximate surface area is 211 Å². The van der Waals surface area contributed by atoms with Gasteiger partial charge in [-0.2, -0.15) is 0 Å². The number of benzene rings is 4. The van der Waals surface area contributed by atoms with Crippen LogP contribution in [0.1, 0.15) is 49.4 Å². The summed E-state index contributed by atoms with van der Waals surface area (Å²) in [5.74, 6) is -0.573. The lowest BCUT2D eigenvalue weighted by Gasteiger charge is -2.14. The molecule has 0 fully saturated rings. The van der Waals surface area contributed by atoms with Crippen LogP contribution < -0.4 is 4.74 Å². The van der Waals surface area contributed by atoms with Crippen molar-refractivity contribution in [1.29, 1.82) is 0 Å². The number of carbonyl (C=O) groups is 2. The second-order valence-electron chi connectivity index (χ2n) is 8.51. The lowest BCUT2D eigenvalue weighted by Crippen LogP contribution is -2.07. The molecule has 0 aromatic heterocycles. The highest BCUT2D eigenvalue weighted by Crippen LogP contribution is 2.24. The Balaban J connectivity index is 1.44. The molecule has 0 aliphatic heterocycles. The van der Waals surface area contributed by atoms with Gasteiger partial charge < -0.3 is 14.6 Å². The van der Waals surface area contributed by atoms with Crippen molar-refractivity contribution in [3.8, 4) is 5.75 Å². The van der Waals surface area contributed by atoms with Crippen molar-refractivity contribution in [3.05, 3.63) is 137 Å². The minimum Gasteiger partial charge on any atom is -0.489 e. The van der Waals surface area contributed by atoms with Gasteiger partial charge in [0.25, 0.3) is 0 Å². The molecule has 182 valence electrons. The molecule has 0 radical (unpaired) electrons. The van der Waals surface area contributed by atoms with Crippen LogP contribution in [0.15, 0.2) is 103 Å². The third kappa shape index (κ3) is 7.06. The van der Waals surface area contributed by atoms with E-state index in [0.717, 1.165) is 40.8 Å². The highest BCUT2D eigenvalue weighted by molar-refractivity contribution is 5.90. The maximum Gasteiger partial charge on any atom is 0.338 e. The average Bonchev–Trinajstić information content (AvgIpc) is 2.92. The molecule has 1 N–H and O–H groups in total. The first kappa shape index (κ1) is 24.7. The van der Waals surface area contributed by atoms with Gasteiger partial charge in [0.1, 0.15) is 19.0 Å². The molecular formula is C31H28O5. The molecule has 36 heavy (non-hydrogen) atoms. The number of aryl methyl sites for hydroxylation is 2.